The third-order valence-electron chi connectivity index (χ3n) is 3.44. The number of hydrogen-bond acceptors (Lipinski definition) is 13. The first-order chi connectivity index (χ1) is 16.2. The van der Waals surface area contributed by atoms with Crippen molar-refractivity contribution in [3.05, 3.63) is 0 Å². The SMILES string of the molecule is O.O.O.O.O.O.O.O=C(NCNC(=O)NC1C(=O)NC(=O)N1CO)NC1C(=O)NC(=O)N1CO.O=S([O-])O.O=S([O-])[O-].[Na+].[Na+].[Na+]. The number of nitrogens with zero attached hydrogens (tertiary/aromatic N) is 2. The van der Waals surface area contributed by atoms with Gasteiger partial charge in [-0.1, -0.05) is 0 Å². The van der Waals surface area contributed by atoms with Crippen LogP contribution in [0.3, 0.4) is 0 Å². The van der Waals surface area contributed by atoms with Crippen LogP contribution >= 0.6 is 0 Å². The zero-order valence-electron chi connectivity index (χ0n) is 23.3. The second-order valence-electron chi connectivity index (χ2n) is 5.51. The molecule has 10 amide bonds. The quantitative estimate of drug-likeness (QED) is 0.0528. The van der Waals surface area contributed by atoms with Gasteiger partial charge in [0.2, 0.25) is 0 Å². The van der Waals surface area contributed by atoms with Crippen LogP contribution in [-0.2, 0) is 32.3 Å². The Labute approximate surface area is 322 Å². The van der Waals surface area contributed by atoms with E-state index in [1.54, 1.807) is 0 Å². The van der Waals surface area contributed by atoms with Gasteiger partial charge in [0.25, 0.3) is 11.8 Å². The van der Waals surface area contributed by atoms with Gasteiger partial charge in [-0.15, -0.1) is 11.4 Å². The first-order valence-corrected chi connectivity index (χ1v) is 10.4. The molecule has 2 saturated heterocycles. The van der Waals surface area contributed by atoms with Crippen molar-refractivity contribution in [3.63, 3.8) is 0 Å². The second kappa shape index (κ2) is 39.4. The molecule has 0 bridgehead atoms. The van der Waals surface area contributed by atoms with Crippen molar-refractivity contribution in [1.82, 2.24) is 41.7 Å². The van der Waals surface area contributed by atoms with Gasteiger partial charge in [-0.3, -0.25) is 34.2 Å². The minimum absolute atomic E-state index is 0. The zero-order valence-corrected chi connectivity index (χ0v) is 31.0. The van der Waals surface area contributed by atoms with E-state index in [1.807, 2.05) is 10.6 Å². The van der Waals surface area contributed by atoms with Crippen LogP contribution in [0.15, 0.2) is 0 Å². The minimum Gasteiger partial charge on any atom is -0.784 e. The number of carbonyl (C=O) groups excluding carboxylic acids is 6. The molecule has 0 aliphatic carbocycles. The molecule has 256 valence electrons. The number of hydrogen-bond donors (Lipinski definition) is 9. The summed E-state index contributed by atoms with van der Waals surface area (Å²) in [4.78, 5) is 70.2. The average Bonchev–Trinajstić information content (AvgIpc) is 3.14. The minimum atomic E-state index is -3.11. The summed E-state index contributed by atoms with van der Waals surface area (Å²) in [5.74, 6) is -1.70. The predicted octanol–water partition coefficient (Wildman–Crippen LogP) is -21.2. The Hall–Kier alpha value is -0.800. The Morgan fingerprint density at radius 1 is 0.689 bits per heavy atom. The Kier molecular flexibility index (Phi) is 65.5. The maximum absolute atomic E-state index is 11.7. The molecule has 0 aromatic rings. The van der Waals surface area contributed by atoms with E-state index in [9.17, 15) is 28.8 Å². The van der Waals surface area contributed by atoms with E-state index in [1.165, 1.54) is 0 Å². The molecule has 23 N–H and O–H groups in total. The number of carbonyl (C=O) groups is 6. The van der Waals surface area contributed by atoms with Gasteiger partial charge in [-0.05, 0) is 0 Å². The number of nitrogens with one attached hydrogen (secondary N) is 6. The van der Waals surface area contributed by atoms with Gasteiger partial charge in [0.15, 0.2) is 12.3 Å². The number of urea groups is 4. The standard InChI is InChI=1S/C11H16N8O8.3Na.2H2O3S.7H2O/c20-2-18-4(6(22)16-10(18)26)14-8(24)12-1-13-9(25)15-5-7(23)17-11(27)19(5)3-21;;;;2*1-4(2)3;;;;;;;/h4-5,20-21H,1-3H2,(H2,12,14,24)(H2,13,15,25)(H,16,22,26)(H,17,23,27);;;;2*(H2,1,2,3);7*1H2/q;3*+1;;;;;;;;;/p-3. The van der Waals surface area contributed by atoms with E-state index in [0.29, 0.717) is 9.80 Å². The molecule has 0 spiro atoms. The Bertz CT molecular complexity index is 821. The van der Waals surface area contributed by atoms with Crippen molar-refractivity contribution >= 4 is 58.7 Å². The summed E-state index contributed by atoms with van der Waals surface area (Å²) in [6, 6.07) is -3.67. The molecule has 34 heteroatoms. The first-order valence-electron chi connectivity index (χ1n) is 8.33. The molecular weight excluding hydrogens is 713 g/mol. The zero-order chi connectivity index (χ0) is 27.3. The monoisotopic (exact) mass is 744 g/mol. The van der Waals surface area contributed by atoms with Gasteiger partial charge in [0, 0.05) is 0 Å². The van der Waals surface area contributed by atoms with E-state index < -0.39 is 91.1 Å². The molecule has 0 saturated carbocycles. The summed E-state index contributed by atoms with van der Waals surface area (Å²) in [6.45, 7) is -2.08. The fourth-order valence-electron chi connectivity index (χ4n) is 2.14. The molecule has 2 aliphatic heterocycles. The van der Waals surface area contributed by atoms with E-state index in [2.05, 4.69) is 21.3 Å². The van der Waals surface area contributed by atoms with Crippen LogP contribution < -0.4 is 121 Å². The Balaban J connectivity index is -0.0000000643. The molecule has 0 aromatic carbocycles. The normalized spacial score (nSPS) is 15.2. The summed E-state index contributed by atoms with van der Waals surface area (Å²) in [5.41, 5.74) is 0. The van der Waals surface area contributed by atoms with Crippen LogP contribution in [0.4, 0.5) is 19.2 Å². The molecule has 2 rings (SSSR count). The van der Waals surface area contributed by atoms with Crippen molar-refractivity contribution in [2.75, 3.05) is 20.1 Å². The maximum Gasteiger partial charge on any atom is 1.00 e. The third kappa shape index (κ3) is 30.3. The van der Waals surface area contributed by atoms with Gasteiger partial charge in [-0.2, -0.15) is 0 Å². The summed E-state index contributed by atoms with van der Waals surface area (Å²) in [6.07, 6.45) is -2.86. The Morgan fingerprint density at radius 3 is 1.11 bits per heavy atom. The molecule has 45 heavy (non-hydrogen) atoms. The summed E-state index contributed by atoms with van der Waals surface area (Å²) in [5, 5.41) is 30.2. The molecule has 29 nitrogen and oxygen atoms in total. The number of aliphatic hydroxyl groups excluding tert-OH is 2. The molecule has 3 atom stereocenters. The molecule has 2 fully saturated rings. The van der Waals surface area contributed by atoms with Gasteiger partial charge in [0.05, 0.1) is 18.0 Å². The molecule has 2 aliphatic rings. The van der Waals surface area contributed by atoms with Crippen molar-refractivity contribution in [2.24, 2.45) is 0 Å². The van der Waals surface area contributed by atoms with Crippen LogP contribution in [0.2, 0.25) is 0 Å². The molecule has 3 unspecified atom stereocenters. The molecule has 2 heterocycles. The fourth-order valence-corrected chi connectivity index (χ4v) is 2.14. The van der Waals surface area contributed by atoms with Crippen molar-refractivity contribution in [2.45, 2.75) is 12.3 Å². The van der Waals surface area contributed by atoms with Crippen LogP contribution in [0.25, 0.3) is 0 Å². The molecule has 0 aromatic heterocycles. The van der Waals surface area contributed by atoms with Crippen LogP contribution in [0.1, 0.15) is 0 Å². The summed E-state index contributed by atoms with van der Waals surface area (Å²) >= 11 is -5.97. The second-order valence-corrected chi connectivity index (χ2v) is 6.36. The third-order valence-corrected chi connectivity index (χ3v) is 3.44. The van der Waals surface area contributed by atoms with Crippen LogP contribution in [0, 0.1) is 0 Å². The van der Waals surface area contributed by atoms with Gasteiger partial charge >= 0.3 is 113 Å². The number of rotatable bonds is 6. The molecule has 0 radical (unpaired) electrons. The Morgan fingerprint density at radius 2 is 0.911 bits per heavy atom. The van der Waals surface area contributed by atoms with Gasteiger partial charge < -0.3 is 88.0 Å². The van der Waals surface area contributed by atoms with E-state index in [4.69, 9.17) is 36.8 Å². The smallest absolute Gasteiger partial charge is 0.784 e. The topological polar surface area (TPSA) is 566 Å². The van der Waals surface area contributed by atoms with Crippen molar-refractivity contribution < 1.29 is 193 Å². The summed E-state index contributed by atoms with van der Waals surface area (Å²) < 4.78 is 49.4. The largest absolute Gasteiger partial charge is 1.00 e. The van der Waals surface area contributed by atoms with Crippen LogP contribution in [-0.4, -0.2) is 153 Å². The number of aliphatic hydroxyl groups is 2. The van der Waals surface area contributed by atoms with E-state index >= 15 is 0 Å². The van der Waals surface area contributed by atoms with Crippen molar-refractivity contribution in [1.29, 1.82) is 0 Å². The van der Waals surface area contributed by atoms with Crippen molar-refractivity contribution in [3.8, 4) is 0 Å². The first kappa shape index (κ1) is 74.8. The summed E-state index contributed by atoms with van der Waals surface area (Å²) in [7, 11) is 0. The van der Waals surface area contributed by atoms with Crippen LogP contribution in [0.5, 0.6) is 0 Å². The van der Waals surface area contributed by atoms with E-state index in [-0.39, 0.29) is 127 Å². The fraction of sp³-hybridized carbons (Fsp3) is 0.455. The predicted molar refractivity (Wildman–Crippen MR) is 127 cm³/mol. The van der Waals surface area contributed by atoms with Gasteiger partial charge in [-0.25, -0.2) is 23.4 Å². The average molecular weight is 745 g/mol. The maximum atomic E-state index is 11.7. The molecular formula is C11H31N8Na3O21S2. The van der Waals surface area contributed by atoms with E-state index in [0.717, 1.165) is 0 Å². The number of imide groups is 2. The number of amides is 10. The van der Waals surface area contributed by atoms with Gasteiger partial charge in [0.1, 0.15) is 13.5 Å².